The number of carbonyl (C=O) groups is 1. The van der Waals surface area contributed by atoms with Crippen molar-refractivity contribution in [1.82, 2.24) is 0 Å². The van der Waals surface area contributed by atoms with Crippen molar-refractivity contribution in [2.75, 3.05) is 0 Å². The van der Waals surface area contributed by atoms with Crippen LogP contribution in [0.25, 0.3) is 0 Å². The van der Waals surface area contributed by atoms with E-state index in [1.54, 1.807) is 0 Å². The smallest absolute Gasteiger partial charge is 0.404 e. The van der Waals surface area contributed by atoms with Gasteiger partial charge in [-0.05, 0) is 24.8 Å². The topological polar surface area (TPSA) is 52.3 Å². The van der Waals surface area contributed by atoms with Crippen molar-refractivity contribution in [3.05, 3.63) is 35.9 Å². The van der Waals surface area contributed by atoms with Crippen molar-refractivity contribution in [3.8, 4) is 0 Å². The largest absolute Gasteiger partial charge is 0.445 e. The molecule has 2 N–H and O–H groups in total. The molecular weight excluding hydrogens is 214 g/mol. The maximum atomic E-state index is 11.0. The van der Waals surface area contributed by atoms with Crippen LogP contribution in [0.3, 0.4) is 0 Å². The van der Waals surface area contributed by atoms with Crippen LogP contribution in [-0.2, 0) is 10.2 Å². The van der Waals surface area contributed by atoms with Gasteiger partial charge >= 0.3 is 6.09 Å². The number of rotatable bonds is 2. The first-order valence-corrected chi connectivity index (χ1v) is 6.14. The van der Waals surface area contributed by atoms with Crippen LogP contribution in [-0.4, -0.2) is 12.2 Å². The first-order chi connectivity index (χ1) is 8.13. The summed E-state index contributed by atoms with van der Waals surface area (Å²) in [4.78, 5) is 11.0. The SMILES string of the molecule is C[C@@]1(c2ccccc2)CCCC[C@H]1OC(N)=O. The van der Waals surface area contributed by atoms with Crippen molar-refractivity contribution in [2.45, 2.75) is 44.1 Å². The molecule has 1 aliphatic rings. The lowest BCUT2D eigenvalue weighted by Crippen LogP contribution is -2.43. The molecule has 3 nitrogen and oxygen atoms in total. The van der Waals surface area contributed by atoms with Crippen LogP contribution in [0, 0.1) is 0 Å². The zero-order chi connectivity index (χ0) is 12.3. The number of carbonyl (C=O) groups excluding carboxylic acids is 1. The van der Waals surface area contributed by atoms with E-state index in [0.29, 0.717) is 0 Å². The molecule has 1 aliphatic carbocycles. The van der Waals surface area contributed by atoms with Crippen LogP contribution in [0.2, 0.25) is 0 Å². The van der Waals surface area contributed by atoms with Crippen LogP contribution >= 0.6 is 0 Å². The van der Waals surface area contributed by atoms with E-state index in [-0.39, 0.29) is 11.5 Å². The van der Waals surface area contributed by atoms with Crippen LogP contribution < -0.4 is 5.73 Å². The second-order valence-corrected chi connectivity index (χ2v) is 4.95. The minimum atomic E-state index is -0.668. The predicted molar refractivity (Wildman–Crippen MR) is 66.7 cm³/mol. The average molecular weight is 233 g/mol. The zero-order valence-electron chi connectivity index (χ0n) is 10.2. The summed E-state index contributed by atoms with van der Waals surface area (Å²) < 4.78 is 5.30. The van der Waals surface area contributed by atoms with E-state index in [2.05, 4.69) is 19.1 Å². The number of ether oxygens (including phenoxy) is 1. The van der Waals surface area contributed by atoms with Crippen molar-refractivity contribution >= 4 is 6.09 Å². The minimum Gasteiger partial charge on any atom is -0.445 e. The first-order valence-electron chi connectivity index (χ1n) is 6.14. The summed E-state index contributed by atoms with van der Waals surface area (Å²) >= 11 is 0. The van der Waals surface area contributed by atoms with E-state index in [1.807, 2.05) is 18.2 Å². The first kappa shape index (κ1) is 12.0. The summed E-state index contributed by atoms with van der Waals surface area (Å²) in [7, 11) is 0. The number of hydrogen-bond donors (Lipinski definition) is 1. The van der Waals surface area contributed by atoms with Crippen LogP contribution in [0.4, 0.5) is 4.79 Å². The predicted octanol–water partition coefficient (Wildman–Crippen LogP) is 2.98. The van der Waals surface area contributed by atoms with E-state index in [4.69, 9.17) is 10.5 Å². The summed E-state index contributed by atoms with van der Waals surface area (Å²) in [5.41, 5.74) is 6.29. The van der Waals surface area contributed by atoms with E-state index in [1.165, 1.54) is 12.0 Å². The molecule has 0 radical (unpaired) electrons. The fraction of sp³-hybridized carbons (Fsp3) is 0.500. The average Bonchev–Trinajstić information content (AvgIpc) is 2.33. The summed E-state index contributed by atoms with van der Waals surface area (Å²) in [6, 6.07) is 10.2. The molecule has 92 valence electrons. The summed E-state index contributed by atoms with van der Waals surface area (Å²) in [6.45, 7) is 2.16. The molecular formula is C14H19NO2. The second kappa shape index (κ2) is 4.78. The summed E-state index contributed by atoms with van der Waals surface area (Å²) in [6.07, 6.45) is 3.43. The maximum absolute atomic E-state index is 11.0. The molecule has 0 aliphatic heterocycles. The standard InChI is InChI=1S/C14H19NO2/c1-14(11-7-3-2-4-8-11)10-6-5-9-12(14)17-13(15)16/h2-4,7-8,12H,5-6,9-10H2,1H3,(H2,15,16)/t12-,14+/m1/s1. The highest BCUT2D eigenvalue weighted by atomic mass is 16.6. The van der Waals surface area contributed by atoms with Gasteiger partial charge in [-0.25, -0.2) is 4.79 Å². The van der Waals surface area contributed by atoms with Gasteiger partial charge in [0.25, 0.3) is 0 Å². The van der Waals surface area contributed by atoms with E-state index in [9.17, 15) is 4.79 Å². The molecule has 0 unspecified atom stereocenters. The highest BCUT2D eigenvalue weighted by Gasteiger charge is 2.40. The Hall–Kier alpha value is -1.51. The fourth-order valence-electron chi connectivity index (χ4n) is 2.78. The molecule has 0 aromatic heterocycles. The van der Waals surface area contributed by atoms with Gasteiger partial charge in [-0.3, -0.25) is 0 Å². The third-order valence-corrected chi connectivity index (χ3v) is 3.81. The van der Waals surface area contributed by atoms with Crippen LogP contribution in [0.1, 0.15) is 38.2 Å². The lowest BCUT2D eigenvalue weighted by molar-refractivity contribution is 0.0296. The normalized spacial score (nSPS) is 28.6. The number of hydrogen-bond acceptors (Lipinski definition) is 2. The maximum Gasteiger partial charge on any atom is 0.404 e. The van der Waals surface area contributed by atoms with Gasteiger partial charge in [-0.2, -0.15) is 0 Å². The van der Waals surface area contributed by atoms with Gasteiger partial charge in [0, 0.05) is 5.41 Å². The highest BCUT2D eigenvalue weighted by Crippen LogP contribution is 2.40. The molecule has 2 atom stereocenters. The molecule has 3 heteroatoms. The van der Waals surface area contributed by atoms with Gasteiger partial charge in [-0.1, -0.05) is 43.7 Å². The molecule has 1 fully saturated rings. The molecule has 1 amide bonds. The molecule has 1 aromatic carbocycles. The van der Waals surface area contributed by atoms with E-state index < -0.39 is 6.09 Å². The Morgan fingerprint density at radius 3 is 2.71 bits per heavy atom. The van der Waals surface area contributed by atoms with E-state index in [0.717, 1.165) is 19.3 Å². The third kappa shape index (κ3) is 2.43. The van der Waals surface area contributed by atoms with Gasteiger partial charge in [0.1, 0.15) is 6.10 Å². The fourth-order valence-corrected chi connectivity index (χ4v) is 2.78. The Morgan fingerprint density at radius 1 is 1.35 bits per heavy atom. The van der Waals surface area contributed by atoms with Gasteiger partial charge < -0.3 is 10.5 Å². The number of primary amides is 1. The van der Waals surface area contributed by atoms with Gasteiger partial charge in [0.2, 0.25) is 0 Å². The number of amides is 1. The molecule has 1 aromatic rings. The van der Waals surface area contributed by atoms with Crippen molar-refractivity contribution < 1.29 is 9.53 Å². The van der Waals surface area contributed by atoms with Gasteiger partial charge in [0.05, 0.1) is 0 Å². The quantitative estimate of drug-likeness (QED) is 0.853. The molecule has 2 rings (SSSR count). The lowest BCUT2D eigenvalue weighted by Gasteiger charge is -2.40. The zero-order valence-corrected chi connectivity index (χ0v) is 10.2. The molecule has 0 saturated heterocycles. The van der Waals surface area contributed by atoms with Crippen LogP contribution in [0.5, 0.6) is 0 Å². The molecule has 1 saturated carbocycles. The van der Waals surface area contributed by atoms with Crippen molar-refractivity contribution in [2.24, 2.45) is 5.73 Å². The Morgan fingerprint density at radius 2 is 2.06 bits per heavy atom. The molecule has 0 bridgehead atoms. The minimum absolute atomic E-state index is 0.101. The van der Waals surface area contributed by atoms with Crippen LogP contribution in [0.15, 0.2) is 30.3 Å². The van der Waals surface area contributed by atoms with Gasteiger partial charge in [-0.15, -0.1) is 0 Å². The Balaban J connectivity index is 2.28. The monoisotopic (exact) mass is 233 g/mol. The molecule has 0 spiro atoms. The molecule has 17 heavy (non-hydrogen) atoms. The lowest BCUT2D eigenvalue weighted by atomic mass is 9.69. The second-order valence-electron chi connectivity index (χ2n) is 4.95. The summed E-state index contributed by atoms with van der Waals surface area (Å²) in [5.74, 6) is 0. The van der Waals surface area contributed by atoms with E-state index >= 15 is 0 Å². The third-order valence-electron chi connectivity index (χ3n) is 3.81. The highest BCUT2D eigenvalue weighted by molar-refractivity contribution is 5.65. The number of benzene rings is 1. The molecule has 0 heterocycles. The Labute approximate surface area is 102 Å². The Bertz CT molecular complexity index is 390. The van der Waals surface area contributed by atoms with Crippen molar-refractivity contribution in [3.63, 3.8) is 0 Å². The number of nitrogens with two attached hydrogens (primary N) is 1. The Kier molecular flexibility index (Phi) is 3.36. The van der Waals surface area contributed by atoms with Gasteiger partial charge in [0.15, 0.2) is 0 Å². The summed E-state index contributed by atoms with van der Waals surface area (Å²) in [5, 5.41) is 0. The van der Waals surface area contributed by atoms with Crippen molar-refractivity contribution in [1.29, 1.82) is 0 Å².